The summed E-state index contributed by atoms with van der Waals surface area (Å²) in [6, 6.07) is 15.8. The van der Waals surface area contributed by atoms with E-state index in [0.717, 1.165) is 66.5 Å². The third-order valence-corrected chi connectivity index (χ3v) is 10.2. The van der Waals surface area contributed by atoms with E-state index in [9.17, 15) is 14.7 Å². The maximum Gasteiger partial charge on any atom is 0.234 e. The van der Waals surface area contributed by atoms with Gasteiger partial charge in [-0.2, -0.15) is 0 Å². The Morgan fingerprint density at radius 2 is 1.86 bits per heavy atom. The number of ether oxygens (including phenoxy) is 2. The SMILES string of the molecule is COCC1=C2[C@@H](CC/C(C)=C/c3cc(Br)ccc3O)OC[C@@H]2[C@@H]2C(=O)N(C3CCN(Cc4ccccc4)CC3)C(=O)[C@@H]2C1. The van der Waals surface area contributed by atoms with Gasteiger partial charge in [-0.3, -0.25) is 19.4 Å². The minimum Gasteiger partial charge on any atom is -0.507 e. The summed E-state index contributed by atoms with van der Waals surface area (Å²) in [6.45, 7) is 5.64. The van der Waals surface area contributed by atoms with Gasteiger partial charge in [0, 0.05) is 48.7 Å². The third-order valence-electron chi connectivity index (χ3n) is 9.72. The first-order valence-electron chi connectivity index (χ1n) is 15.4. The zero-order chi connectivity index (χ0) is 30.1. The van der Waals surface area contributed by atoms with Gasteiger partial charge in [0.2, 0.25) is 11.8 Å². The van der Waals surface area contributed by atoms with Crippen molar-refractivity contribution in [2.45, 2.75) is 57.7 Å². The lowest BCUT2D eigenvalue weighted by Crippen LogP contribution is -2.47. The number of methoxy groups -OCH3 is 1. The number of piperidine rings is 1. The molecular formula is C35H41BrN2O5. The van der Waals surface area contributed by atoms with Crippen LogP contribution >= 0.6 is 15.9 Å². The zero-order valence-electron chi connectivity index (χ0n) is 25.0. The van der Waals surface area contributed by atoms with Gasteiger partial charge in [0.25, 0.3) is 0 Å². The number of amides is 2. The summed E-state index contributed by atoms with van der Waals surface area (Å²) in [6.07, 6.45) is 5.68. The number of rotatable bonds is 9. The van der Waals surface area contributed by atoms with Crippen molar-refractivity contribution in [1.29, 1.82) is 0 Å². The highest BCUT2D eigenvalue weighted by Gasteiger charge is 2.58. The number of likely N-dealkylation sites (tertiary alicyclic amines) is 2. The molecule has 1 N–H and O–H groups in total. The fourth-order valence-electron chi connectivity index (χ4n) is 7.68. The molecule has 0 unspecified atom stereocenters. The van der Waals surface area contributed by atoms with Crippen molar-refractivity contribution < 1.29 is 24.2 Å². The summed E-state index contributed by atoms with van der Waals surface area (Å²) >= 11 is 3.48. The van der Waals surface area contributed by atoms with Crippen LogP contribution in [0.15, 0.2) is 69.7 Å². The van der Waals surface area contributed by atoms with Crippen LogP contribution in [0.1, 0.15) is 50.2 Å². The van der Waals surface area contributed by atoms with Crippen LogP contribution in [0.25, 0.3) is 6.08 Å². The average Bonchev–Trinajstić information content (AvgIpc) is 3.53. The van der Waals surface area contributed by atoms with E-state index in [2.05, 4.69) is 52.0 Å². The molecule has 2 amide bonds. The van der Waals surface area contributed by atoms with Crippen LogP contribution in [0.4, 0.5) is 0 Å². The number of phenols is 1. The van der Waals surface area contributed by atoms with Crippen molar-refractivity contribution in [3.8, 4) is 5.75 Å². The lowest BCUT2D eigenvalue weighted by Gasteiger charge is -2.36. The molecule has 3 heterocycles. The van der Waals surface area contributed by atoms with E-state index in [4.69, 9.17) is 9.47 Å². The quantitative estimate of drug-likeness (QED) is 0.267. The Bertz CT molecular complexity index is 1410. The minimum absolute atomic E-state index is 0.000204. The number of hydrogen-bond acceptors (Lipinski definition) is 6. The van der Waals surface area contributed by atoms with E-state index in [0.29, 0.717) is 19.6 Å². The number of nitrogens with zero attached hydrogens (tertiary/aromatic N) is 2. The molecule has 6 rings (SSSR count). The first kappa shape index (κ1) is 30.3. The van der Waals surface area contributed by atoms with Crippen LogP contribution in [0.2, 0.25) is 0 Å². The van der Waals surface area contributed by atoms with Gasteiger partial charge in [0.05, 0.1) is 31.2 Å². The summed E-state index contributed by atoms with van der Waals surface area (Å²) in [4.78, 5) is 31.9. The molecule has 0 spiro atoms. The molecule has 0 bridgehead atoms. The zero-order valence-corrected chi connectivity index (χ0v) is 26.6. The predicted octanol–water partition coefficient (Wildman–Crippen LogP) is 5.97. The molecule has 1 aliphatic carbocycles. The van der Waals surface area contributed by atoms with E-state index in [1.807, 2.05) is 24.3 Å². The topological polar surface area (TPSA) is 79.3 Å². The molecule has 0 aromatic heterocycles. The Balaban J connectivity index is 1.13. The van der Waals surface area contributed by atoms with Crippen LogP contribution < -0.4 is 0 Å². The molecule has 2 aromatic carbocycles. The molecule has 7 nitrogen and oxygen atoms in total. The Hall–Kier alpha value is -2.78. The van der Waals surface area contributed by atoms with Crippen LogP contribution in [0.5, 0.6) is 5.75 Å². The van der Waals surface area contributed by atoms with Gasteiger partial charge in [-0.25, -0.2) is 0 Å². The number of aromatic hydroxyl groups is 1. The molecule has 43 heavy (non-hydrogen) atoms. The van der Waals surface area contributed by atoms with Gasteiger partial charge in [-0.1, -0.05) is 57.9 Å². The molecule has 2 aromatic rings. The number of allylic oxidation sites excluding steroid dienone is 1. The van der Waals surface area contributed by atoms with Crippen LogP contribution in [0, 0.1) is 17.8 Å². The Morgan fingerprint density at radius 1 is 1.09 bits per heavy atom. The molecule has 4 aliphatic rings. The Labute approximate surface area is 262 Å². The summed E-state index contributed by atoms with van der Waals surface area (Å²) in [7, 11) is 1.69. The standard InChI is InChI=1S/C35H41BrN2O5/c1-22(16-24-17-26(36)9-10-30(24)39)8-11-31-32-25(20-42-2)18-28-33(29(32)21-43-31)35(41)38(34(28)40)27-12-14-37(15-13-27)19-23-6-4-3-5-7-23/h3-7,9-10,16-17,27-29,31,33,39H,8,11-15,18-21H2,1-2H3/b22-16+/t28-,29+,31-,33-/m1/s1. The largest absolute Gasteiger partial charge is 0.507 e. The van der Waals surface area contributed by atoms with E-state index in [1.165, 1.54) is 11.1 Å². The van der Waals surface area contributed by atoms with Crippen molar-refractivity contribution in [3.63, 3.8) is 0 Å². The molecule has 228 valence electrons. The fourth-order valence-corrected chi connectivity index (χ4v) is 8.06. The van der Waals surface area contributed by atoms with Gasteiger partial charge >= 0.3 is 0 Å². The maximum atomic E-state index is 14.0. The molecular weight excluding hydrogens is 608 g/mol. The van der Waals surface area contributed by atoms with E-state index < -0.39 is 0 Å². The van der Waals surface area contributed by atoms with Gasteiger partial charge in [-0.05, 0) is 73.9 Å². The van der Waals surface area contributed by atoms with E-state index >= 15 is 0 Å². The highest BCUT2D eigenvalue weighted by molar-refractivity contribution is 9.10. The normalized spacial score (nSPS) is 26.8. The number of hydrogen-bond donors (Lipinski definition) is 1. The maximum absolute atomic E-state index is 14.0. The van der Waals surface area contributed by atoms with Crippen molar-refractivity contribution in [1.82, 2.24) is 9.80 Å². The Kier molecular flexibility index (Phi) is 9.19. The predicted molar refractivity (Wildman–Crippen MR) is 169 cm³/mol. The molecule has 3 fully saturated rings. The van der Waals surface area contributed by atoms with Crippen molar-refractivity contribution in [2.75, 3.05) is 33.4 Å². The average molecular weight is 650 g/mol. The summed E-state index contributed by atoms with van der Waals surface area (Å²) < 4.78 is 12.9. The molecule has 3 aliphatic heterocycles. The van der Waals surface area contributed by atoms with E-state index in [1.54, 1.807) is 18.1 Å². The van der Waals surface area contributed by atoms with E-state index in [-0.39, 0.29) is 47.5 Å². The number of halogens is 1. The van der Waals surface area contributed by atoms with Crippen LogP contribution in [0.3, 0.4) is 0 Å². The molecule has 8 heteroatoms. The highest BCUT2D eigenvalue weighted by Crippen LogP contribution is 2.50. The van der Waals surface area contributed by atoms with Crippen LogP contribution in [-0.2, 0) is 25.6 Å². The summed E-state index contributed by atoms with van der Waals surface area (Å²) in [5.74, 6) is -0.491. The minimum atomic E-state index is -0.342. The number of phenolic OH excluding ortho intramolecular Hbond substituents is 1. The summed E-state index contributed by atoms with van der Waals surface area (Å²) in [5.41, 5.74) is 5.51. The Morgan fingerprint density at radius 3 is 2.60 bits per heavy atom. The molecule has 3 saturated heterocycles. The molecule has 0 radical (unpaired) electrons. The first-order valence-corrected chi connectivity index (χ1v) is 16.2. The number of carbonyl (C=O) groups is 2. The molecule has 4 atom stereocenters. The second-order valence-electron chi connectivity index (χ2n) is 12.5. The van der Waals surface area contributed by atoms with Gasteiger partial charge in [-0.15, -0.1) is 0 Å². The van der Waals surface area contributed by atoms with Crippen molar-refractivity contribution in [3.05, 3.63) is 80.8 Å². The third kappa shape index (κ3) is 6.25. The second kappa shape index (κ2) is 13.1. The van der Waals surface area contributed by atoms with Crippen LogP contribution in [-0.4, -0.2) is 72.3 Å². The second-order valence-corrected chi connectivity index (χ2v) is 13.4. The number of imide groups is 1. The van der Waals surface area contributed by atoms with Gasteiger partial charge in [0.15, 0.2) is 0 Å². The lowest BCUT2D eigenvalue weighted by atomic mass is 9.69. The van der Waals surface area contributed by atoms with Gasteiger partial charge < -0.3 is 14.6 Å². The monoisotopic (exact) mass is 648 g/mol. The molecule has 0 saturated carbocycles. The first-order chi connectivity index (χ1) is 20.8. The number of fused-ring (bicyclic) bond motifs is 3. The van der Waals surface area contributed by atoms with Crippen molar-refractivity contribution >= 4 is 33.8 Å². The number of carbonyl (C=O) groups excluding carboxylic acids is 2. The number of benzene rings is 2. The van der Waals surface area contributed by atoms with Crippen molar-refractivity contribution in [2.24, 2.45) is 17.8 Å². The summed E-state index contributed by atoms with van der Waals surface area (Å²) in [5, 5.41) is 10.3. The van der Waals surface area contributed by atoms with Gasteiger partial charge in [0.1, 0.15) is 5.75 Å². The smallest absolute Gasteiger partial charge is 0.234 e. The highest BCUT2D eigenvalue weighted by atomic mass is 79.9. The fraction of sp³-hybridized carbons (Fsp3) is 0.486. The lowest BCUT2D eigenvalue weighted by molar-refractivity contribution is -0.144.